The van der Waals surface area contributed by atoms with E-state index >= 15 is 0 Å². The predicted octanol–water partition coefficient (Wildman–Crippen LogP) is 8.02. The molecule has 0 spiro atoms. The Morgan fingerprint density at radius 3 is 1.59 bits per heavy atom. The summed E-state index contributed by atoms with van der Waals surface area (Å²) in [5.74, 6) is 0. The minimum Gasteiger partial charge on any atom is -0.377 e. The SMILES string of the molecule is CCCCCCCCC(CN(Cc1ccccc1)CC(CCCCCC)OCC)OCC. The molecule has 0 N–H and O–H groups in total. The second kappa shape index (κ2) is 20.7. The van der Waals surface area contributed by atoms with Crippen LogP contribution in [0.3, 0.4) is 0 Å². The van der Waals surface area contributed by atoms with Gasteiger partial charge in [-0.3, -0.25) is 4.90 Å². The van der Waals surface area contributed by atoms with Crippen molar-refractivity contribution in [3.05, 3.63) is 35.9 Å². The number of hydrogen-bond donors (Lipinski definition) is 0. The molecule has 0 aliphatic heterocycles. The van der Waals surface area contributed by atoms with Crippen LogP contribution in [0.1, 0.15) is 110 Å². The second-order valence-corrected chi connectivity index (χ2v) is 9.24. The molecule has 0 aliphatic carbocycles. The lowest BCUT2D eigenvalue weighted by molar-refractivity contribution is -0.00842. The summed E-state index contributed by atoms with van der Waals surface area (Å²) in [6, 6.07) is 10.9. The topological polar surface area (TPSA) is 21.7 Å². The monoisotopic (exact) mass is 447 g/mol. The molecule has 0 aliphatic rings. The van der Waals surface area contributed by atoms with Crippen LogP contribution in [-0.4, -0.2) is 43.4 Å². The van der Waals surface area contributed by atoms with Crippen molar-refractivity contribution < 1.29 is 9.47 Å². The van der Waals surface area contributed by atoms with E-state index in [1.54, 1.807) is 0 Å². The molecule has 186 valence electrons. The van der Waals surface area contributed by atoms with Crippen molar-refractivity contribution in [2.24, 2.45) is 0 Å². The number of unbranched alkanes of at least 4 members (excludes halogenated alkanes) is 8. The Hall–Kier alpha value is -0.900. The van der Waals surface area contributed by atoms with Gasteiger partial charge in [0.25, 0.3) is 0 Å². The average molecular weight is 448 g/mol. The van der Waals surface area contributed by atoms with Gasteiger partial charge in [-0.1, -0.05) is 108 Å². The van der Waals surface area contributed by atoms with Crippen LogP contribution in [0.15, 0.2) is 30.3 Å². The summed E-state index contributed by atoms with van der Waals surface area (Å²) < 4.78 is 12.4. The van der Waals surface area contributed by atoms with Crippen LogP contribution in [0.4, 0.5) is 0 Å². The van der Waals surface area contributed by atoms with Gasteiger partial charge in [0.1, 0.15) is 0 Å². The first kappa shape index (κ1) is 29.1. The first-order valence-corrected chi connectivity index (χ1v) is 13.7. The highest BCUT2D eigenvalue weighted by Crippen LogP contribution is 2.16. The van der Waals surface area contributed by atoms with E-state index in [9.17, 15) is 0 Å². The zero-order valence-corrected chi connectivity index (χ0v) is 21.8. The van der Waals surface area contributed by atoms with Crippen LogP contribution in [0.5, 0.6) is 0 Å². The number of nitrogens with zero attached hydrogens (tertiary/aromatic N) is 1. The van der Waals surface area contributed by atoms with Gasteiger partial charge < -0.3 is 9.47 Å². The van der Waals surface area contributed by atoms with Gasteiger partial charge in [0, 0.05) is 32.8 Å². The Morgan fingerprint density at radius 1 is 0.625 bits per heavy atom. The van der Waals surface area contributed by atoms with Gasteiger partial charge in [-0.2, -0.15) is 0 Å². The minimum atomic E-state index is 0.317. The second-order valence-electron chi connectivity index (χ2n) is 9.24. The van der Waals surface area contributed by atoms with Gasteiger partial charge in [0.05, 0.1) is 12.2 Å². The van der Waals surface area contributed by atoms with Crippen LogP contribution in [0, 0.1) is 0 Å². The third-order valence-electron chi connectivity index (χ3n) is 6.24. The van der Waals surface area contributed by atoms with E-state index in [-0.39, 0.29) is 0 Å². The molecule has 0 amide bonds. The molecule has 0 aromatic heterocycles. The smallest absolute Gasteiger partial charge is 0.0702 e. The Balaban J connectivity index is 2.69. The summed E-state index contributed by atoms with van der Waals surface area (Å²) in [6.45, 7) is 13.4. The first-order chi connectivity index (χ1) is 15.7. The molecule has 3 heteroatoms. The van der Waals surface area contributed by atoms with E-state index < -0.39 is 0 Å². The largest absolute Gasteiger partial charge is 0.377 e. The van der Waals surface area contributed by atoms with Crippen molar-refractivity contribution in [1.82, 2.24) is 4.90 Å². The van der Waals surface area contributed by atoms with Crippen LogP contribution in [0.2, 0.25) is 0 Å². The van der Waals surface area contributed by atoms with Crippen LogP contribution < -0.4 is 0 Å². The zero-order chi connectivity index (χ0) is 23.3. The van der Waals surface area contributed by atoms with Gasteiger partial charge in [-0.15, -0.1) is 0 Å². The molecule has 0 bridgehead atoms. The quantitative estimate of drug-likeness (QED) is 0.168. The maximum absolute atomic E-state index is 6.21. The Bertz CT molecular complexity index is 507. The molecule has 0 radical (unpaired) electrons. The lowest BCUT2D eigenvalue weighted by atomic mass is 10.1. The Labute approximate surface area is 200 Å². The van der Waals surface area contributed by atoms with Crippen molar-refractivity contribution in [1.29, 1.82) is 0 Å². The van der Waals surface area contributed by atoms with Crippen molar-refractivity contribution in [2.75, 3.05) is 26.3 Å². The molecule has 0 heterocycles. The van der Waals surface area contributed by atoms with Crippen molar-refractivity contribution in [3.8, 4) is 0 Å². The third-order valence-corrected chi connectivity index (χ3v) is 6.24. The molecular weight excluding hydrogens is 394 g/mol. The van der Waals surface area contributed by atoms with Gasteiger partial charge >= 0.3 is 0 Å². The molecular formula is C29H53NO2. The fourth-order valence-electron chi connectivity index (χ4n) is 4.50. The molecule has 2 atom stereocenters. The number of rotatable bonds is 22. The fourth-order valence-corrected chi connectivity index (χ4v) is 4.50. The average Bonchev–Trinajstić information content (AvgIpc) is 2.79. The van der Waals surface area contributed by atoms with Crippen LogP contribution in [0.25, 0.3) is 0 Å². The standard InChI is InChI=1S/C29H53NO2/c1-5-9-11-13-14-19-23-29(32-8-4)26-30(24-27-20-16-15-17-21-27)25-28(31-7-3)22-18-12-10-6-2/h15-17,20-21,28-29H,5-14,18-19,22-26H2,1-4H3. The first-order valence-electron chi connectivity index (χ1n) is 13.7. The molecule has 0 saturated carbocycles. The Morgan fingerprint density at radius 2 is 1.09 bits per heavy atom. The van der Waals surface area contributed by atoms with E-state index in [1.807, 2.05) is 0 Å². The third kappa shape index (κ3) is 15.0. The highest BCUT2D eigenvalue weighted by atomic mass is 16.5. The number of benzene rings is 1. The van der Waals surface area contributed by atoms with Crippen molar-refractivity contribution in [2.45, 2.75) is 123 Å². The molecule has 1 rings (SSSR count). The molecule has 0 saturated heterocycles. The van der Waals surface area contributed by atoms with Crippen molar-refractivity contribution in [3.63, 3.8) is 0 Å². The van der Waals surface area contributed by atoms with Gasteiger partial charge in [-0.05, 0) is 32.3 Å². The van der Waals surface area contributed by atoms with E-state index in [1.165, 1.54) is 76.2 Å². The lowest BCUT2D eigenvalue weighted by Crippen LogP contribution is -2.39. The molecule has 1 aromatic carbocycles. The summed E-state index contributed by atoms with van der Waals surface area (Å²) in [4.78, 5) is 2.59. The van der Waals surface area contributed by atoms with E-state index in [0.29, 0.717) is 12.2 Å². The highest BCUT2D eigenvalue weighted by molar-refractivity contribution is 5.14. The maximum atomic E-state index is 6.21. The molecule has 32 heavy (non-hydrogen) atoms. The molecule has 0 fully saturated rings. The molecule has 2 unspecified atom stereocenters. The number of ether oxygens (including phenoxy) is 2. The predicted molar refractivity (Wildman–Crippen MR) is 139 cm³/mol. The van der Waals surface area contributed by atoms with Crippen molar-refractivity contribution >= 4 is 0 Å². The van der Waals surface area contributed by atoms with Gasteiger partial charge in [0.15, 0.2) is 0 Å². The maximum Gasteiger partial charge on any atom is 0.0702 e. The van der Waals surface area contributed by atoms with E-state index in [0.717, 1.165) is 39.3 Å². The molecule has 3 nitrogen and oxygen atoms in total. The summed E-state index contributed by atoms with van der Waals surface area (Å²) in [7, 11) is 0. The summed E-state index contributed by atoms with van der Waals surface area (Å²) in [6.07, 6.45) is 16.2. The lowest BCUT2D eigenvalue weighted by Gasteiger charge is -2.31. The van der Waals surface area contributed by atoms with Crippen LogP contribution in [-0.2, 0) is 16.0 Å². The molecule has 1 aromatic rings. The minimum absolute atomic E-state index is 0.317. The normalized spacial score (nSPS) is 13.5. The number of hydrogen-bond acceptors (Lipinski definition) is 3. The van der Waals surface area contributed by atoms with Gasteiger partial charge in [0.2, 0.25) is 0 Å². The summed E-state index contributed by atoms with van der Waals surface area (Å²) in [5, 5.41) is 0. The zero-order valence-electron chi connectivity index (χ0n) is 21.8. The summed E-state index contributed by atoms with van der Waals surface area (Å²) in [5.41, 5.74) is 1.38. The highest BCUT2D eigenvalue weighted by Gasteiger charge is 2.19. The Kier molecular flexibility index (Phi) is 18.8. The van der Waals surface area contributed by atoms with E-state index in [2.05, 4.69) is 62.9 Å². The summed E-state index contributed by atoms with van der Waals surface area (Å²) >= 11 is 0. The fraction of sp³-hybridized carbons (Fsp3) is 0.793. The van der Waals surface area contributed by atoms with Crippen LogP contribution >= 0.6 is 0 Å². The van der Waals surface area contributed by atoms with Gasteiger partial charge in [-0.25, -0.2) is 0 Å². The van der Waals surface area contributed by atoms with E-state index in [4.69, 9.17) is 9.47 Å².